The van der Waals surface area contributed by atoms with Gasteiger partial charge in [-0.15, -0.1) is 13.2 Å². The van der Waals surface area contributed by atoms with Crippen LogP contribution in [0.3, 0.4) is 0 Å². The molecule has 1 atom stereocenters. The highest BCUT2D eigenvalue weighted by Gasteiger charge is 2.29. The fourth-order valence-corrected chi connectivity index (χ4v) is 0.418. The molecular weight excluding hydrogens is 157 g/mol. The quantitative estimate of drug-likeness (QED) is 0.632. The SMILES string of the molecule is CC(C)[C@@H](C)COC(F)(F)F. The number of halogens is 3. The van der Waals surface area contributed by atoms with Gasteiger partial charge in [-0.2, -0.15) is 0 Å². The second kappa shape index (κ2) is 3.95. The van der Waals surface area contributed by atoms with Gasteiger partial charge >= 0.3 is 6.36 Å². The van der Waals surface area contributed by atoms with Crippen molar-refractivity contribution in [3.05, 3.63) is 0 Å². The topological polar surface area (TPSA) is 9.23 Å². The van der Waals surface area contributed by atoms with E-state index >= 15 is 0 Å². The van der Waals surface area contributed by atoms with E-state index < -0.39 is 6.36 Å². The number of ether oxygens (including phenoxy) is 1. The van der Waals surface area contributed by atoms with Gasteiger partial charge in [-0.05, 0) is 11.8 Å². The van der Waals surface area contributed by atoms with Crippen molar-refractivity contribution in [1.29, 1.82) is 0 Å². The van der Waals surface area contributed by atoms with Crippen molar-refractivity contribution in [3.8, 4) is 0 Å². The zero-order chi connectivity index (χ0) is 9.07. The molecule has 0 radical (unpaired) electrons. The van der Waals surface area contributed by atoms with Crippen molar-refractivity contribution in [3.63, 3.8) is 0 Å². The summed E-state index contributed by atoms with van der Waals surface area (Å²) in [4.78, 5) is 0. The van der Waals surface area contributed by atoms with Gasteiger partial charge in [0.2, 0.25) is 0 Å². The van der Waals surface area contributed by atoms with E-state index in [-0.39, 0.29) is 18.4 Å². The third-order valence-corrected chi connectivity index (χ3v) is 1.65. The minimum atomic E-state index is -4.48. The molecule has 0 aromatic carbocycles. The predicted molar refractivity (Wildman–Crippen MR) is 36.0 cm³/mol. The minimum absolute atomic E-state index is 0.0587. The van der Waals surface area contributed by atoms with E-state index in [1.807, 2.05) is 13.8 Å². The van der Waals surface area contributed by atoms with Gasteiger partial charge in [0.25, 0.3) is 0 Å². The van der Waals surface area contributed by atoms with Crippen molar-refractivity contribution in [1.82, 2.24) is 0 Å². The summed E-state index contributed by atoms with van der Waals surface area (Å²) in [6, 6.07) is 0. The van der Waals surface area contributed by atoms with E-state index in [1.165, 1.54) is 0 Å². The van der Waals surface area contributed by atoms with Crippen LogP contribution in [0.1, 0.15) is 20.8 Å². The molecule has 0 aliphatic rings. The van der Waals surface area contributed by atoms with Crippen LogP contribution in [-0.4, -0.2) is 13.0 Å². The van der Waals surface area contributed by atoms with E-state index in [0.29, 0.717) is 0 Å². The first-order valence-corrected chi connectivity index (χ1v) is 3.53. The second-order valence-electron chi connectivity index (χ2n) is 2.98. The van der Waals surface area contributed by atoms with Crippen molar-refractivity contribution >= 4 is 0 Å². The van der Waals surface area contributed by atoms with Gasteiger partial charge in [-0.3, -0.25) is 4.74 Å². The van der Waals surface area contributed by atoms with E-state index in [2.05, 4.69) is 4.74 Å². The smallest absolute Gasteiger partial charge is 0.292 e. The highest BCUT2D eigenvalue weighted by molar-refractivity contribution is 4.55. The van der Waals surface area contributed by atoms with Crippen LogP contribution in [-0.2, 0) is 4.74 Å². The molecule has 0 bridgehead atoms. The van der Waals surface area contributed by atoms with Crippen LogP contribution in [0.4, 0.5) is 13.2 Å². The van der Waals surface area contributed by atoms with Gasteiger partial charge in [0.05, 0.1) is 6.61 Å². The molecule has 0 fully saturated rings. The Morgan fingerprint density at radius 1 is 1.18 bits per heavy atom. The fourth-order valence-electron chi connectivity index (χ4n) is 0.418. The molecule has 0 aliphatic heterocycles. The lowest BCUT2D eigenvalue weighted by Gasteiger charge is -2.16. The standard InChI is InChI=1S/C7H13F3O/c1-5(2)6(3)4-11-7(8,9)10/h5-6H,4H2,1-3H3/t6-/m0/s1. The summed E-state index contributed by atoms with van der Waals surface area (Å²) in [6.07, 6.45) is -4.48. The van der Waals surface area contributed by atoms with Gasteiger partial charge in [0.15, 0.2) is 0 Å². The molecule has 0 unspecified atom stereocenters. The monoisotopic (exact) mass is 170 g/mol. The van der Waals surface area contributed by atoms with E-state index in [4.69, 9.17) is 0 Å². The first-order chi connectivity index (χ1) is 4.83. The van der Waals surface area contributed by atoms with Crippen LogP contribution >= 0.6 is 0 Å². The number of rotatable bonds is 3. The summed E-state index contributed by atoms with van der Waals surface area (Å²) in [5.74, 6) is 0.161. The lowest BCUT2D eigenvalue weighted by Crippen LogP contribution is -2.20. The van der Waals surface area contributed by atoms with Gasteiger partial charge in [0, 0.05) is 0 Å². The normalized spacial score (nSPS) is 15.5. The van der Waals surface area contributed by atoms with Crippen LogP contribution in [0.5, 0.6) is 0 Å². The molecule has 0 aromatic rings. The molecule has 0 rings (SSSR count). The number of alkyl halides is 3. The molecule has 0 aliphatic carbocycles. The molecule has 0 amide bonds. The van der Waals surface area contributed by atoms with Crippen molar-refractivity contribution in [2.24, 2.45) is 11.8 Å². The fraction of sp³-hybridized carbons (Fsp3) is 1.00. The van der Waals surface area contributed by atoms with Crippen LogP contribution in [0.2, 0.25) is 0 Å². The maximum atomic E-state index is 11.5. The van der Waals surface area contributed by atoms with Gasteiger partial charge in [-0.25, -0.2) is 0 Å². The van der Waals surface area contributed by atoms with E-state index in [1.54, 1.807) is 6.92 Å². The zero-order valence-corrected chi connectivity index (χ0v) is 6.90. The highest BCUT2D eigenvalue weighted by atomic mass is 19.4. The van der Waals surface area contributed by atoms with Crippen molar-refractivity contribution < 1.29 is 17.9 Å². The third kappa shape index (κ3) is 6.16. The Bertz CT molecular complexity index is 109. The van der Waals surface area contributed by atoms with Gasteiger partial charge in [-0.1, -0.05) is 20.8 Å². The van der Waals surface area contributed by atoms with Crippen LogP contribution in [0.25, 0.3) is 0 Å². The van der Waals surface area contributed by atoms with Gasteiger partial charge in [0.1, 0.15) is 0 Å². The summed E-state index contributed by atoms with van der Waals surface area (Å²) >= 11 is 0. The molecule has 0 spiro atoms. The Kier molecular flexibility index (Phi) is 3.86. The molecule has 0 heterocycles. The second-order valence-corrected chi connectivity index (χ2v) is 2.98. The Labute approximate surface area is 64.5 Å². The molecule has 0 saturated carbocycles. The summed E-state index contributed by atoms with van der Waals surface area (Å²) in [5.41, 5.74) is 0. The molecule has 0 saturated heterocycles. The zero-order valence-electron chi connectivity index (χ0n) is 6.90. The molecule has 0 N–H and O–H groups in total. The van der Waals surface area contributed by atoms with Crippen molar-refractivity contribution in [2.75, 3.05) is 6.61 Å². The Balaban J connectivity index is 3.54. The summed E-state index contributed by atoms with van der Waals surface area (Å²) in [5, 5.41) is 0. The average Bonchev–Trinajstić information content (AvgIpc) is 1.80. The Hall–Kier alpha value is -0.250. The largest absolute Gasteiger partial charge is 0.522 e. The molecule has 1 nitrogen and oxygen atoms in total. The maximum absolute atomic E-state index is 11.5. The van der Waals surface area contributed by atoms with E-state index in [0.717, 1.165) is 0 Å². The van der Waals surface area contributed by atoms with Crippen LogP contribution in [0.15, 0.2) is 0 Å². The molecule has 11 heavy (non-hydrogen) atoms. The maximum Gasteiger partial charge on any atom is 0.522 e. The number of hydrogen-bond donors (Lipinski definition) is 0. The molecular formula is C7H13F3O. The van der Waals surface area contributed by atoms with E-state index in [9.17, 15) is 13.2 Å². The average molecular weight is 170 g/mol. The molecule has 68 valence electrons. The predicted octanol–water partition coefficient (Wildman–Crippen LogP) is 2.81. The summed E-state index contributed by atoms with van der Waals surface area (Å²) in [7, 11) is 0. The third-order valence-electron chi connectivity index (χ3n) is 1.65. The van der Waals surface area contributed by atoms with Gasteiger partial charge < -0.3 is 0 Å². The molecule has 4 heteroatoms. The lowest BCUT2D eigenvalue weighted by molar-refractivity contribution is -0.328. The number of hydrogen-bond acceptors (Lipinski definition) is 1. The minimum Gasteiger partial charge on any atom is -0.292 e. The first kappa shape index (κ1) is 10.8. The first-order valence-electron chi connectivity index (χ1n) is 3.53. The van der Waals surface area contributed by atoms with Crippen LogP contribution in [0, 0.1) is 11.8 Å². The highest BCUT2D eigenvalue weighted by Crippen LogP contribution is 2.19. The summed E-state index contributed by atoms with van der Waals surface area (Å²) in [6.45, 7) is 5.21. The Morgan fingerprint density at radius 3 is 1.91 bits per heavy atom. The van der Waals surface area contributed by atoms with Crippen LogP contribution < -0.4 is 0 Å². The Morgan fingerprint density at radius 2 is 1.64 bits per heavy atom. The van der Waals surface area contributed by atoms with Crippen molar-refractivity contribution in [2.45, 2.75) is 27.1 Å². The lowest BCUT2D eigenvalue weighted by atomic mass is 10.00. The molecule has 0 aromatic heterocycles. The summed E-state index contributed by atoms with van der Waals surface area (Å²) < 4.78 is 38.0.